The molecule has 2 heteroatoms. The van der Waals surface area contributed by atoms with Gasteiger partial charge < -0.3 is 5.32 Å². The van der Waals surface area contributed by atoms with E-state index in [9.17, 15) is 0 Å². The van der Waals surface area contributed by atoms with Gasteiger partial charge in [-0.05, 0) is 49.9 Å². The molecule has 0 bridgehead atoms. The normalized spacial score (nSPS) is 12.7. The number of rotatable bonds is 6. The molecule has 0 saturated heterocycles. The summed E-state index contributed by atoms with van der Waals surface area (Å²) < 4.78 is 0. The Hall–Kier alpha value is -0.470. The molecule has 1 atom stereocenters. The quantitative estimate of drug-likeness (QED) is 0.743. The van der Waals surface area contributed by atoms with Gasteiger partial charge in [0.15, 0.2) is 0 Å². The molecular weight excluding hydrogens is 202 g/mol. The molecule has 0 heterocycles. The lowest BCUT2D eigenvalue weighted by atomic mass is 9.97. The van der Waals surface area contributed by atoms with Crippen LogP contribution in [0.5, 0.6) is 0 Å². The minimum atomic E-state index is 0.759. The lowest BCUT2D eigenvalue weighted by molar-refractivity contribution is 0.481. The summed E-state index contributed by atoms with van der Waals surface area (Å²) in [6, 6.07) is 8.94. The van der Waals surface area contributed by atoms with Crippen molar-refractivity contribution >= 4 is 11.8 Å². The summed E-state index contributed by atoms with van der Waals surface area (Å²) in [6.07, 6.45) is 4.54. The maximum atomic E-state index is 3.26. The van der Waals surface area contributed by atoms with Crippen LogP contribution in [-0.4, -0.2) is 19.8 Å². The fourth-order valence-electron chi connectivity index (χ4n) is 1.74. The van der Waals surface area contributed by atoms with Gasteiger partial charge in [0.25, 0.3) is 0 Å². The van der Waals surface area contributed by atoms with Crippen LogP contribution in [0.4, 0.5) is 0 Å². The van der Waals surface area contributed by atoms with Crippen LogP contribution in [0.3, 0.4) is 0 Å². The van der Waals surface area contributed by atoms with Gasteiger partial charge in [0, 0.05) is 4.90 Å². The Kier molecular flexibility index (Phi) is 5.81. The predicted molar refractivity (Wildman–Crippen MR) is 69.6 cm³/mol. The van der Waals surface area contributed by atoms with Gasteiger partial charge in [-0.3, -0.25) is 0 Å². The minimum Gasteiger partial charge on any atom is -0.319 e. The van der Waals surface area contributed by atoms with Crippen molar-refractivity contribution in [3.05, 3.63) is 29.8 Å². The van der Waals surface area contributed by atoms with Gasteiger partial charge in [0.05, 0.1) is 0 Å². The number of benzene rings is 1. The summed E-state index contributed by atoms with van der Waals surface area (Å²) in [7, 11) is 2.03. The molecule has 1 aromatic carbocycles. The van der Waals surface area contributed by atoms with E-state index in [1.165, 1.54) is 23.3 Å². The zero-order valence-electron chi connectivity index (χ0n) is 9.92. The van der Waals surface area contributed by atoms with Crippen molar-refractivity contribution in [3.8, 4) is 0 Å². The molecule has 0 amide bonds. The molecule has 84 valence electrons. The molecule has 1 aromatic rings. The maximum Gasteiger partial charge on any atom is 0.00693 e. The molecule has 0 fully saturated rings. The highest BCUT2D eigenvalue weighted by molar-refractivity contribution is 7.98. The zero-order valence-corrected chi connectivity index (χ0v) is 10.7. The largest absolute Gasteiger partial charge is 0.319 e. The number of hydrogen-bond acceptors (Lipinski definition) is 2. The Morgan fingerprint density at radius 3 is 2.40 bits per heavy atom. The summed E-state index contributed by atoms with van der Waals surface area (Å²) in [4.78, 5) is 1.35. The first-order chi connectivity index (χ1) is 7.30. The van der Waals surface area contributed by atoms with Gasteiger partial charge in [-0.1, -0.05) is 25.5 Å². The van der Waals surface area contributed by atoms with E-state index >= 15 is 0 Å². The third-order valence-corrected chi connectivity index (χ3v) is 3.50. The fraction of sp³-hybridized carbons (Fsp3) is 0.538. The lowest BCUT2D eigenvalue weighted by Gasteiger charge is -2.14. The smallest absolute Gasteiger partial charge is 0.00693 e. The highest BCUT2D eigenvalue weighted by Gasteiger charge is 2.05. The number of hydrogen-bond donors (Lipinski definition) is 1. The molecule has 0 aliphatic carbocycles. The second-order valence-electron chi connectivity index (χ2n) is 3.88. The van der Waals surface area contributed by atoms with Gasteiger partial charge in [-0.15, -0.1) is 11.8 Å². The average Bonchev–Trinajstić information content (AvgIpc) is 2.29. The van der Waals surface area contributed by atoms with E-state index in [0.29, 0.717) is 0 Å². The second kappa shape index (κ2) is 6.91. The van der Waals surface area contributed by atoms with Crippen molar-refractivity contribution < 1.29 is 0 Å². The van der Waals surface area contributed by atoms with Crippen LogP contribution in [0.25, 0.3) is 0 Å². The van der Waals surface area contributed by atoms with Gasteiger partial charge in [-0.25, -0.2) is 0 Å². The molecule has 0 spiro atoms. The molecule has 0 radical (unpaired) electrons. The fourth-order valence-corrected chi connectivity index (χ4v) is 2.15. The third-order valence-electron chi connectivity index (χ3n) is 2.75. The summed E-state index contributed by atoms with van der Waals surface area (Å²) >= 11 is 1.80. The van der Waals surface area contributed by atoms with Gasteiger partial charge in [-0.2, -0.15) is 0 Å². The van der Waals surface area contributed by atoms with Crippen LogP contribution in [-0.2, 0) is 6.42 Å². The minimum absolute atomic E-state index is 0.759. The van der Waals surface area contributed by atoms with E-state index in [0.717, 1.165) is 12.5 Å². The van der Waals surface area contributed by atoms with Crippen molar-refractivity contribution in [3.63, 3.8) is 0 Å². The van der Waals surface area contributed by atoms with E-state index in [-0.39, 0.29) is 0 Å². The Bertz CT molecular complexity index is 268. The molecule has 15 heavy (non-hydrogen) atoms. The lowest BCUT2D eigenvalue weighted by Crippen LogP contribution is -2.20. The van der Waals surface area contributed by atoms with Gasteiger partial charge in [0.2, 0.25) is 0 Å². The molecule has 1 unspecified atom stereocenters. The van der Waals surface area contributed by atoms with E-state index in [2.05, 4.69) is 42.8 Å². The molecule has 0 aliphatic heterocycles. The highest BCUT2D eigenvalue weighted by Crippen LogP contribution is 2.17. The van der Waals surface area contributed by atoms with Crippen LogP contribution < -0.4 is 5.32 Å². The summed E-state index contributed by atoms with van der Waals surface area (Å²) in [5.74, 6) is 0.759. The Morgan fingerprint density at radius 1 is 1.27 bits per heavy atom. The van der Waals surface area contributed by atoms with E-state index in [1.54, 1.807) is 11.8 Å². The monoisotopic (exact) mass is 223 g/mol. The standard InChI is InChI=1S/C13H21NS/c1-4-11(10-14-2)9-12-5-7-13(15-3)8-6-12/h5-8,11,14H,4,9-10H2,1-3H3. The molecular formula is C13H21NS. The first kappa shape index (κ1) is 12.6. The van der Waals surface area contributed by atoms with Crippen LogP contribution >= 0.6 is 11.8 Å². The Morgan fingerprint density at radius 2 is 1.93 bits per heavy atom. The van der Waals surface area contributed by atoms with Crippen molar-refractivity contribution in [2.45, 2.75) is 24.7 Å². The van der Waals surface area contributed by atoms with Crippen molar-refractivity contribution in [2.24, 2.45) is 5.92 Å². The molecule has 0 aromatic heterocycles. The van der Waals surface area contributed by atoms with Crippen molar-refractivity contribution in [2.75, 3.05) is 19.8 Å². The van der Waals surface area contributed by atoms with Gasteiger partial charge in [0.1, 0.15) is 0 Å². The number of nitrogens with one attached hydrogen (secondary N) is 1. The predicted octanol–water partition coefficient (Wildman–Crippen LogP) is 3.20. The van der Waals surface area contributed by atoms with Crippen molar-refractivity contribution in [1.29, 1.82) is 0 Å². The van der Waals surface area contributed by atoms with Gasteiger partial charge >= 0.3 is 0 Å². The summed E-state index contributed by atoms with van der Waals surface area (Å²) in [5, 5.41) is 3.26. The van der Waals surface area contributed by atoms with Crippen molar-refractivity contribution in [1.82, 2.24) is 5.32 Å². The third kappa shape index (κ3) is 4.27. The topological polar surface area (TPSA) is 12.0 Å². The van der Waals surface area contributed by atoms with Crippen LogP contribution in [0, 0.1) is 5.92 Å². The molecule has 1 N–H and O–H groups in total. The SMILES string of the molecule is CCC(CNC)Cc1ccc(SC)cc1. The van der Waals surface area contributed by atoms with E-state index in [1.807, 2.05) is 7.05 Å². The zero-order chi connectivity index (χ0) is 11.1. The maximum absolute atomic E-state index is 3.26. The Balaban J connectivity index is 2.55. The first-order valence-corrected chi connectivity index (χ1v) is 6.80. The van der Waals surface area contributed by atoms with Crippen LogP contribution in [0.1, 0.15) is 18.9 Å². The molecule has 1 rings (SSSR count). The van der Waals surface area contributed by atoms with E-state index < -0.39 is 0 Å². The molecule has 0 aliphatic rings. The molecule has 0 saturated carbocycles. The summed E-state index contributed by atoms with van der Waals surface area (Å²) in [5.41, 5.74) is 1.45. The van der Waals surface area contributed by atoms with Crippen LogP contribution in [0.2, 0.25) is 0 Å². The molecule has 1 nitrogen and oxygen atoms in total. The van der Waals surface area contributed by atoms with Crippen LogP contribution in [0.15, 0.2) is 29.2 Å². The second-order valence-corrected chi connectivity index (χ2v) is 4.76. The number of thioether (sulfide) groups is 1. The summed E-state index contributed by atoms with van der Waals surface area (Å²) in [6.45, 7) is 3.37. The first-order valence-electron chi connectivity index (χ1n) is 5.57. The highest BCUT2D eigenvalue weighted by atomic mass is 32.2. The average molecular weight is 223 g/mol. The Labute approximate surface area is 97.7 Å². The van der Waals surface area contributed by atoms with E-state index in [4.69, 9.17) is 0 Å².